The Bertz CT molecular complexity index is 1020. The first-order valence-electron chi connectivity index (χ1n) is 10.4. The summed E-state index contributed by atoms with van der Waals surface area (Å²) in [5.41, 5.74) is 4.76. The van der Waals surface area contributed by atoms with Gasteiger partial charge in [-0.15, -0.1) is 0 Å². The predicted molar refractivity (Wildman–Crippen MR) is 116 cm³/mol. The SMILES string of the molecule is O=C(CN1CCN(Cc2cccc3cccnc23)CC1)N1CCc2ccccc21. The molecule has 0 saturated carbocycles. The molecule has 5 rings (SSSR count). The van der Waals surface area contributed by atoms with Crippen LogP contribution in [-0.4, -0.2) is 60.0 Å². The smallest absolute Gasteiger partial charge is 0.241 e. The normalized spacial score (nSPS) is 17.6. The van der Waals surface area contributed by atoms with Gasteiger partial charge in [-0.3, -0.25) is 19.6 Å². The molecule has 29 heavy (non-hydrogen) atoms. The van der Waals surface area contributed by atoms with Crippen molar-refractivity contribution in [1.29, 1.82) is 0 Å². The van der Waals surface area contributed by atoms with Gasteiger partial charge in [-0.2, -0.15) is 0 Å². The third-order valence-electron chi connectivity index (χ3n) is 6.12. The summed E-state index contributed by atoms with van der Waals surface area (Å²) in [6.45, 7) is 6.05. The Kier molecular flexibility index (Phi) is 5.00. The lowest BCUT2D eigenvalue weighted by Gasteiger charge is -2.35. The minimum Gasteiger partial charge on any atom is -0.311 e. The second kappa shape index (κ2) is 7.93. The van der Waals surface area contributed by atoms with E-state index in [2.05, 4.69) is 57.2 Å². The number of anilines is 1. The van der Waals surface area contributed by atoms with E-state index in [-0.39, 0.29) is 5.91 Å². The molecule has 0 radical (unpaired) electrons. The van der Waals surface area contributed by atoms with Crippen LogP contribution in [0, 0.1) is 0 Å². The summed E-state index contributed by atoms with van der Waals surface area (Å²) in [6, 6.07) is 18.8. The molecule has 3 aromatic rings. The van der Waals surface area contributed by atoms with Crippen LogP contribution in [0.15, 0.2) is 60.8 Å². The molecule has 0 atom stereocenters. The molecule has 0 N–H and O–H groups in total. The Labute approximate surface area is 171 Å². The maximum Gasteiger partial charge on any atom is 0.241 e. The van der Waals surface area contributed by atoms with Crippen molar-refractivity contribution in [3.8, 4) is 0 Å². The minimum absolute atomic E-state index is 0.224. The highest BCUT2D eigenvalue weighted by Gasteiger charge is 2.27. The van der Waals surface area contributed by atoms with Crippen molar-refractivity contribution < 1.29 is 4.79 Å². The number of hydrogen-bond donors (Lipinski definition) is 0. The van der Waals surface area contributed by atoms with Crippen molar-refractivity contribution in [3.05, 3.63) is 71.9 Å². The summed E-state index contributed by atoms with van der Waals surface area (Å²) in [6.07, 6.45) is 2.83. The Morgan fingerprint density at radius 2 is 1.66 bits per heavy atom. The van der Waals surface area contributed by atoms with E-state index in [0.29, 0.717) is 6.54 Å². The van der Waals surface area contributed by atoms with E-state index in [1.54, 1.807) is 0 Å². The minimum atomic E-state index is 0.224. The Balaban J connectivity index is 1.17. The van der Waals surface area contributed by atoms with E-state index < -0.39 is 0 Å². The molecule has 1 amide bonds. The van der Waals surface area contributed by atoms with E-state index >= 15 is 0 Å². The molecular weight excluding hydrogens is 360 g/mol. The van der Waals surface area contributed by atoms with Crippen LogP contribution in [0.25, 0.3) is 10.9 Å². The van der Waals surface area contributed by atoms with Gasteiger partial charge in [0.1, 0.15) is 0 Å². The van der Waals surface area contributed by atoms with Crippen molar-refractivity contribution in [2.45, 2.75) is 13.0 Å². The number of amides is 1. The molecule has 2 aromatic carbocycles. The standard InChI is InChI=1S/C24H26N4O/c29-23(28-12-10-19-5-1-2-9-22(19)28)18-27-15-13-26(14-16-27)17-21-7-3-6-20-8-4-11-25-24(20)21/h1-9,11H,10,12-18H2. The predicted octanol–water partition coefficient (Wildman–Crippen LogP) is 2.94. The molecule has 5 nitrogen and oxygen atoms in total. The first kappa shape index (κ1) is 18.3. The maximum absolute atomic E-state index is 12.9. The summed E-state index contributed by atoms with van der Waals surface area (Å²) in [4.78, 5) is 24.2. The molecule has 0 bridgehead atoms. The number of carbonyl (C=O) groups is 1. The quantitative estimate of drug-likeness (QED) is 0.691. The summed E-state index contributed by atoms with van der Waals surface area (Å²) in [7, 11) is 0. The molecular formula is C24H26N4O. The van der Waals surface area contributed by atoms with Gasteiger partial charge in [0.25, 0.3) is 0 Å². The highest BCUT2D eigenvalue weighted by atomic mass is 16.2. The lowest BCUT2D eigenvalue weighted by molar-refractivity contribution is -0.120. The van der Waals surface area contributed by atoms with Crippen LogP contribution in [0.4, 0.5) is 5.69 Å². The number of pyridine rings is 1. The molecule has 1 saturated heterocycles. The Morgan fingerprint density at radius 1 is 0.862 bits per heavy atom. The van der Waals surface area contributed by atoms with Gasteiger partial charge in [0.15, 0.2) is 0 Å². The number of para-hydroxylation sites is 2. The second-order valence-corrected chi connectivity index (χ2v) is 7.97. The number of rotatable bonds is 4. The first-order valence-corrected chi connectivity index (χ1v) is 10.4. The molecule has 1 fully saturated rings. The van der Waals surface area contributed by atoms with Gasteiger partial charge < -0.3 is 4.90 Å². The molecule has 148 valence electrons. The van der Waals surface area contributed by atoms with Crippen molar-refractivity contribution in [3.63, 3.8) is 0 Å². The third-order valence-corrected chi connectivity index (χ3v) is 6.12. The van der Waals surface area contributed by atoms with Crippen LogP contribution in [-0.2, 0) is 17.8 Å². The summed E-state index contributed by atoms with van der Waals surface area (Å²) in [5.74, 6) is 0.224. The van der Waals surface area contributed by atoms with E-state index in [1.165, 1.54) is 16.5 Å². The lowest BCUT2D eigenvalue weighted by atomic mass is 10.1. The third kappa shape index (κ3) is 3.76. The largest absolute Gasteiger partial charge is 0.311 e. The first-order chi connectivity index (χ1) is 14.3. The zero-order chi connectivity index (χ0) is 19.6. The fourth-order valence-electron chi connectivity index (χ4n) is 4.52. The molecule has 2 aliphatic heterocycles. The lowest BCUT2D eigenvalue weighted by Crippen LogP contribution is -2.49. The van der Waals surface area contributed by atoms with Crippen molar-refractivity contribution in [2.24, 2.45) is 0 Å². The highest BCUT2D eigenvalue weighted by Crippen LogP contribution is 2.27. The van der Waals surface area contributed by atoms with E-state index in [1.807, 2.05) is 23.2 Å². The van der Waals surface area contributed by atoms with Gasteiger partial charge in [0, 0.05) is 56.5 Å². The average Bonchev–Trinajstić information content (AvgIpc) is 3.20. The molecule has 3 heterocycles. The van der Waals surface area contributed by atoms with Crippen molar-refractivity contribution >= 4 is 22.5 Å². The molecule has 1 aromatic heterocycles. The number of piperazine rings is 1. The second-order valence-electron chi connectivity index (χ2n) is 7.97. The van der Waals surface area contributed by atoms with E-state index in [0.717, 1.165) is 56.9 Å². The Hall–Kier alpha value is -2.76. The van der Waals surface area contributed by atoms with Crippen LogP contribution >= 0.6 is 0 Å². The van der Waals surface area contributed by atoms with Crippen molar-refractivity contribution in [1.82, 2.24) is 14.8 Å². The van der Waals surface area contributed by atoms with Crippen LogP contribution in [0.2, 0.25) is 0 Å². The van der Waals surface area contributed by atoms with Gasteiger partial charge in [0.2, 0.25) is 5.91 Å². The van der Waals surface area contributed by atoms with Crippen LogP contribution in [0.5, 0.6) is 0 Å². The fraction of sp³-hybridized carbons (Fsp3) is 0.333. The maximum atomic E-state index is 12.9. The summed E-state index contributed by atoms with van der Waals surface area (Å²) < 4.78 is 0. The monoisotopic (exact) mass is 386 g/mol. The van der Waals surface area contributed by atoms with Gasteiger partial charge in [-0.05, 0) is 29.7 Å². The number of benzene rings is 2. The highest BCUT2D eigenvalue weighted by molar-refractivity contribution is 5.96. The van der Waals surface area contributed by atoms with Gasteiger partial charge in [-0.25, -0.2) is 0 Å². The molecule has 0 unspecified atom stereocenters. The summed E-state index contributed by atoms with van der Waals surface area (Å²) in [5, 5.41) is 1.19. The van der Waals surface area contributed by atoms with E-state index in [4.69, 9.17) is 0 Å². The zero-order valence-electron chi connectivity index (χ0n) is 16.6. The number of fused-ring (bicyclic) bond motifs is 2. The molecule has 2 aliphatic rings. The number of aromatic nitrogens is 1. The fourth-order valence-corrected chi connectivity index (χ4v) is 4.52. The van der Waals surface area contributed by atoms with Gasteiger partial charge in [0.05, 0.1) is 12.1 Å². The number of hydrogen-bond acceptors (Lipinski definition) is 4. The zero-order valence-corrected chi connectivity index (χ0v) is 16.6. The van der Waals surface area contributed by atoms with Crippen LogP contribution < -0.4 is 4.90 Å². The van der Waals surface area contributed by atoms with Crippen LogP contribution in [0.3, 0.4) is 0 Å². The molecule has 0 aliphatic carbocycles. The van der Waals surface area contributed by atoms with E-state index in [9.17, 15) is 4.79 Å². The Morgan fingerprint density at radius 3 is 2.55 bits per heavy atom. The van der Waals surface area contributed by atoms with Crippen molar-refractivity contribution in [2.75, 3.05) is 44.2 Å². The summed E-state index contributed by atoms with van der Waals surface area (Å²) >= 11 is 0. The van der Waals surface area contributed by atoms with Gasteiger partial charge >= 0.3 is 0 Å². The number of nitrogens with zero attached hydrogens (tertiary/aromatic N) is 4. The molecule has 0 spiro atoms. The molecule has 5 heteroatoms. The average molecular weight is 386 g/mol. The van der Waals surface area contributed by atoms with Crippen LogP contribution in [0.1, 0.15) is 11.1 Å². The topological polar surface area (TPSA) is 39.7 Å². The number of carbonyl (C=O) groups excluding carboxylic acids is 1. The van der Waals surface area contributed by atoms with Gasteiger partial charge in [-0.1, -0.05) is 42.5 Å².